The van der Waals surface area contributed by atoms with Gasteiger partial charge in [0.15, 0.2) is 0 Å². The van der Waals surface area contributed by atoms with E-state index < -0.39 is 30.1 Å². The van der Waals surface area contributed by atoms with Crippen molar-refractivity contribution < 1.29 is 49.1 Å². The highest BCUT2D eigenvalue weighted by molar-refractivity contribution is 7.12. The molecular weight excluding hydrogens is 343 g/mol. The van der Waals surface area contributed by atoms with Crippen molar-refractivity contribution in [2.24, 2.45) is 0 Å². The molecule has 0 fully saturated rings. The lowest BCUT2D eigenvalue weighted by Gasteiger charge is -2.06. The summed E-state index contributed by atoms with van der Waals surface area (Å²) in [4.78, 5) is 19.4. The topological polar surface area (TPSA) is 34.1 Å². The number of carbonyl (C=O) groups is 2. The van der Waals surface area contributed by atoms with Gasteiger partial charge in [-0.2, -0.15) is 39.5 Å². The van der Waals surface area contributed by atoms with Crippen LogP contribution in [0.5, 0.6) is 0 Å². The first-order valence-corrected chi connectivity index (χ1v) is 5.38. The molecule has 0 aliphatic heterocycles. The average molecular weight is 346 g/mol. The minimum absolute atomic E-state index is 0.266. The van der Waals surface area contributed by atoms with E-state index in [1.165, 1.54) is 11.4 Å². The summed E-state index contributed by atoms with van der Waals surface area (Å²) in [6.07, 6.45) is -16.4. The zero-order valence-corrected chi connectivity index (χ0v) is 10.2. The third-order valence-electron chi connectivity index (χ3n) is 1.52. The Balaban J connectivity index is 0.000000384. The van der Waals surface area contributed by atoms with Crippen LogP contribution in [0, 0.1) is 0 Å². The smallest absolute Gasteiger partial charge is 0.283 e. The SMILES string of the molecule is O=C(C(F)(F)F)C(F)(F)F.O=C(c1cccs1)C(F)(F)F. The summed E-state index contributed by atoms with van der Waals surface area (Å²) in [7, 11) is 0. The van der Waals surface area contributed by atoms with Crippen molar-refractivity contribution in [3.05, 3.63) is 22.4 Å². The number of carbonyl (C=O) groups excluding carboxylic acids is 2. The molecule has 0 saturated carbocycles. The quantitative estimate of drug-likeness (QED) is 0.565. The van der Waals surface area contributed by atoms with E-state index in [1.54, 1.807) is 0 Å². The van der Waals surface area contributed by atoms with Gasteiger partial charge in [0.1, 0.15) is 0 Å². The number of ketones is 2. The molecule has 21 heavy (non-hydrogen) atoms. The molecule has 1 rings (SSSR count). The molecule has 120 valence electrons. The van der Waals surface area contributed by atoms with Crippen LogP contribution in [0.25, 0.3) is 0 Å². The normalized spacial score (nSPS) is 12.4. The van der Waals surface area contributed by atoms with E-state index >= 15 is 0 Å². The second-order valence-electron chi connectivity index (χ2n) is 3.13. The van der Waals surface area contributed by atoms with Gasteiger partial charge >= 0.3 is 24.3 Å². The summed E-state index contributed by atoms with van der Waals surface area (Å²) in [6, 6.07) is 2.56. The highest BCUT2D eigenvalue weighted by atomic mass is 32.1. The number of rotatable bonds is 1. The monoisotopic (exact) mass is 346 g/mol. The minimum atomic E-state index is -5.82. The zero-order valence-electron chi connectivity index (χ0n) is 9.36. The minimum Gasteiger partial charge on any atom is -0.283 e. The van der Waals surface area contributed by atoms with Crippen LogP contribution < -0.4 is 0 Å². The lowest BCUT2D eigenvalue weighted by molar-refractivity contribution is -0.217. The van der Waals surface area contributed by atoms with Gasteiger partial charge in [-0.05, 0) is 11.4 Å². The maximum Gasteiger partial charge on any atom is 0.459 e. The van der Waals surface area contributed by atoms with Gasteiger partial charge in [0.05, 0.1) is 4.88 Å². The Kier molecular flexibility index (Phi) is 5.96. The lowest BCUT2D eigenvalue weighted by Crippen LogP contribution is -2.36. The van der Waals surface area contributed by atoms with Gasteiger partial charge in [-0.3, -0.25) is 9.59 Å². The van der Waals surface area contributed by atoms with Gasteiger partial charge in [-0.1, -0.05) is 6.07 Å². The molecular formula is C9H3F9O2S. The van der Waals surface area contributed by atoms with Crippen LogP contribution in [0.2, 0.25) is 0 Å². The van der Waals surface area contributed by atoms with Crippen molar-refractivity contribution in [1.82, 2.24) is 0 Å². The van der Waals surface area contributed by atoms with Gasteiger partial charge < -0.3 is 0 Å². The molecule has 0 amide bonds. The fourth-order valence-corrected chi connectivity index (χ4v) is 1.39. The summed E-state index contributed by atoms with van der Waals surface area (Å²) in [6.45, 7) is 0. The van der Waals surface area contributed by atoms with Crippen molar-refractivity contribution in [2.75, 3.05) is 0 Å². The predicted molar refractivity (Wildman–Crippen MR) is 51.8 cm³/mol. The second kappa shape index (κ2) is 6.45. The van der Waals surface area contributed by atoms with Crippen molar-refractivity contribution in [3.63, 3.8) is 0 Å². The molecule has 0 N–H and O–H groups in total. The Morgan fingerprint density at radius 2 is 1.24 bits per heavy atom. The third-order valence-corrected chi connectivity index (χ3v) is 2.39. The fraction of sp³-hybridized carbons (Fsp3) is 0.333. The molecule has 0 unspecified atom stereocenters. The average Bonchev–Trinajstić information content (AvgIpc) is 2.77. The Bertz CT molecular complexity index is 465. The molecule has 1 heterocycles. The standard InChI is InChI=1S/C6H3F3OS.C3F6O/c7-6(8,9)5(10)4-2-1-3-11-4;4-2(5,6)1(10)3(7,8)9/h1-3H;. The van der Waals surface area contributed by atoms with Crippen LogP contribution in [-0.2, 0) is 4.79 Å². The largest absolute Gasteiger partial charge is 0.459 e. The van der Waals surface area contributed by atoms with Gasteiger partial charge in [0.2, 0.25) is 0 Å². The number of halogens is 9. The van der Waals surface area contributed by atoms with Crippen molar-refractivity contribution in [3.8, 4) is 0 Å². The van der Waals surface area contributed by atoms with Gasteiger partial charge in [0.25, 0.3) is 5.78 Å². The summed E-state index contributed by atoms with van der Waals surface area (Å²) in [5, 5.41) is 1.43. The molecule has 0 aliphatic carbocycles. The molecule has 0 bridgehead atoms. The van der Waals surface area contributed by atoms with Crippen LogP contribution in [0.15, 0.2) is 17.5 Å². The van der Waals surface area contributed by atoms with E-state index in [0.717, 1.165) is 17.4 Å². The number of hydrogen-bond donors (Lipinski definition) is 0. The molecule has 0 spiro atoms. The van der Waals surface area contributed by atoms with E-state index in [4.69, 9.17) is 0 Å². The molecule has 1 aromatic heterocycles. The number of hydrogen-bond acceptors (Lipinski definition) is 3. The molecule has 1 aromatic rings. The Hall–Kier alpha value is -1.59. The van der Waals surface area contributed by atoms with E-state index in [0.29, 0.717) is 0 Å². The van der Waals surface area contributed by atoms with Gasteiger partial charge in [-0.15, -0.1) is 11.3 Å². The fourth-order valence-electron chi connectivity index (χ4n) is 0.708. The Morgan fingerprint density at radius 1 is 0.810 bits per heavy atom. The summed E-state index contributed by atoms with van der Waals surface area (Å²) < 4.78 is 100. The first kappa shape index (κ1) is 19.4. The number of alkyl halides is 9. The number of Topliss-reactive ketones (excluding diaryl/α,β-unsaturated/α-hetero) is 2. The van der Waals surface area contributed by atoms with Gasteiger partial charge in [0, 0.05) is 0 Å². The second-order valence-corrected chi connectivity index (χ2v) is 4.08. The van der Waals surface area contributed by atoms with E-state index in [-0.39, 0.29) is 4.88 Å². The molecule has 0 aromatic carbocycles. The van der Waals surface area contributed by atoms with E-state index in [1.807, 2.05) is 0 Å². The van der Waals surface area contributed by atoms with Crippen LogP contribution in [0.1, 0.15) is 9.67 Å². The van der Waals surface area contributed by atoms with Crippen molar-refractivity contribution in [2.45, 2.75) is 18.5 Å². The zero-order chi connectivity index (χ0) is 17.1. The summed E-state index contributed by atoms with van der Waals surface area (Å²) in [5.41, 5.74) is 0. The molecule has 2 nitrogen and oxygen atoms in total. The predicted octanol–water partition coefficient (Wildman–Crippen LogP) is 4.17. The van der Waals surface area contributed by atoms with Crippen molar-refractivity contribution in [1.29, 1.82) is 0 Å². The first-order valence-electron chi connectivity index (χ1n) is 4.50. The third kappa shape index (κ3) is 6.60. The molecule has 12 heteroatoms. The van der Waals surface area contributed by atoms with Crippen LogP contribution in [0.3, 0.4) is 0 Å². The summed E-state index contributed by atoms with van der Waals surface area (Å²) >= 11 is 0.788. The van der Waals surface area contributed by atoms with Crippen LogP contribution in [-0.4, -0.2) is 30.1 Å². The maximum atomic E-state index is 11.7. The molecule has 0 radical (unpaired) electrons. The molecule has 0 saturated heterocycles. The molecule has 0 atom stereocenters. The molecule has 0 aliphatic rings. The lowest BCUT2D eigenvalue weighted by atomic mass is 10.3. The highest BCUT2D eigenvalue weighted by Gasteiger charge is 2.55. The van der Waals surface area contributed by atoms with Crippen LogP contribution >= 0.6 is 11.3 Å². The van der Waals surface area contributed by atoms with E-state index in [9.17, 15) is 49.1 Å². The van der Waals surface area contributed by atoms with Gasteiger partial charge in [-0.25, -0.2) is 0 Å². The Morgan fingerprint density at radius 3 is 1.43 bits per heavy atom. The highest BCUT2D eigenvalue weighted by Crippen LogP contribution is 2.28. The van der Waals surface area contributed by atoms with Crippen molar-refractivity contribution >= 4 is 22.9 Å². The summed E-state index contributed by atoms with van der Waals surface area (Å²) in [5.74, 6) is -5.45. The first-order chi connectivity index (χ1) is 9.17. The maximum absolute atomic E-state index is 11.7. The Labute approximate surface area is 114 Å². The van der Waals surface area contributed by atoms with Crippen LogP contribution in [0.4, 0.5) is 39.5 Å². The van der Waals surface area contributed by atoms with E-state index in [2.05, 4.69) is 0 Å². The number of thiophene rings is 1.